The Labute approximate surface area is 191 Å². The van der Waals surface area contributed by atoms with Crippen LogP contribution in [-0.2, 0) is 35.3 Å². The summed E-state index contributed by atoms with van der Waals surface area (Å²) in [5, 5.41) is 0.777. The molecule has 0 saturated carbocycles. The normalized spacial score (nSPS) is 13.5. The van der Waals surface area contributed by atoms with E-state index in [1.54, 1.807) is 16.2 Å². The first-order valence-electron chi connectivity index (χ1n) is 10.7. The molecule has 0 radical (unpaired) electrons. The number of carbonyl (C=O) groups excluding carboxylic acids is 1. The molecule has 0 fully saturated rings. The van der Waals surface area contributed by atoms with E-state index < -0.39 is 0 Å². The van der Waals surface area contributed by atoms with Crippen LogP contribution in [0, 0.1) is 0 Å². The molecule has 0 spiro atoms. The number of H-pyrrole nitrogens is 1. The lowest BCUT2D eigenvalue weighted by Gasteiger charge is -2.21. The van der Waals surface area contributed by atoms with Crippen LogP contribution in [0.25, 0.3) is 10.2 Å². The van der Waals surface area contributed by atoms with Crippen molar-refractivity contribution in [2.75, 3.05) is 12.8 Å². The highest BCUT2D eigenvalue weighted by atomic mass is 32.2. The molecule has 7 heteroatoms. The summed E-state index contributed by atoms with van der Waals surface area (Å²) in [6.45, 7) is 7.17. The van der Waals surface area contributed by atoms with Gasteiger partial charge in [-0.1, -0.05) is 45.0 Å². The molecule has 3 aromatic rings. The van der Waals surface area contributed by atoms with Crippen molar-refractivity contribution in [3.8, 4) is 0 Å². The van der Waals surface area contributed by atoms with Crippen molar-refractivity contribution in [3.05, 3.63) is 62.0 Å². The van der Waals surface area contributed by atoms with Crippen molar-refractivity contribution in [3.63, 3.8) is 0 Å². The second-order valence-corrected chi connectivity index (χ2v) is 11.3. The lowest BCUT2D eigenvalue weighted by atomic mass is 9.87. The Morgan fingerprint density at radius 2 is 1.97 bits per heavy atom. The van der Waals surface area contributed by atoms with Crippen molar-refractivity contribution in [2.45, 2.75) is 57.7 Å². The highest BCUT2D eigenvalue weighted by molar-refractivity contribution is 7.99. The van der Waals surface area contributed by atoms with E-state index in [0.29, 0.717) is 23.9 Å². The van der Waals surface area contributed by atoms with Crippen molar-refractivity contribution in [1.29, 1.82) is 0 Å². The van der Waals surface area contributed by atoms with Gasteiger partial charge in [-0.25, -0.2) is 4.98 Å². The molecule has 1 N–H and O–H groups in total. The van der Waals surface area contributed by atoms with Gasteiger partial charge in [-0.05, 0) is 41.4 Å². The van der Waals surface area contributed by atoms with Crippen LogP contribution in [0.5, 0.6) is 0 Å². The molecular formula is C24H29N3O2S2. The summed E-state index contributed by atoms with van der Waals surface area (Å²) in [4.78, 5) is 36.6. The van der Waals surface area contributed by atoms with Crippen molar-refractivity contribution < 1.29 is 4.79 Å². The summed E-state index contributed by atoms with van der Waals surface area (Å²) in [6.07, 6.45) is 3.16. The fraction of sp³-hybridized carbons (Fsp3) is 0.458. The molecule has 164 valence electrons. The molecule has 1 aliphatic rings. The zero-order valence-electron chi connectivity index (χ0n) is 18.6. The van der Waals surface area contributed by atoms with E-state index in [0.717, 1.165) is 35.0 Å². The second kappa shape index (κ2) is 8.79. The monoisotopic (exact) mass is 455 g/mol. The summed E-state index contributed by atoms with van der Waals surface area (Å²) in [7, 11) is 1.83. The van der Waals surface area contributed by atoms with Gasteiger partial charge in [0.2, 0.25) is 5.91 Å². The molecule has 31 heavy (non-hydrogen) atoms. The van der Waals surface area contributed by atoms with Gasteiger partial charge in [-0.15, -0.1) is 23.1 Å². The van der Waals surface area contributed by atoms with Crippen LogP contribution in [0.3, 0.4) is 0 Å². The number of amides is 1. The maximum absolute atomic E-state index is 12.6. The van der Waals surface area contributed by atoms with Gasteiger partial charge in [0.25, 0.3) is 5.56 Å². The highest BCUT2D eigenvalue weighted by Gasteiger charge is 2.21. The number of nitrogens with zero attached hydrogens (tertiary/aromatic N) is 2. The van der Waals surface area contributed by atoms with Crippen LogP contribution in [0.15, 0.2) is 29.1 Å². The third-order valence-corrected chi connectivity index (χ3v) is 7.87. The first kappa shape index (κ1) is 22.1. The van der Waals surface area contributed by atoms with Gasteiger partial charge in [-0.3, -0.25) is 9.59 Å². The standard InChI is InChI=1S/C24H29N3O2S2/c1-24(2,3)16-10-8-15(9-11-16)12-27(4)20(28)14-30-13-19-25-22(29)21-17-6-5-7-18(17)31-23(21)26-19/h8-11H,5-7,12-14H2,1-4H3,(H,25,26,29). The van der Waals surface area contributed by atoms with E-state index in [4.69, 9.17) is 0 Å². The molecule has 4 rings (SSSR count). The zero-order valence-corrected chi connectivity index (χ0v) is 20.2. The Bertz CT molecular complexity index is 1160. The van der Waals surface area contributed by atoms with Crippen LogP contribution < -0.4 is 5.56 Å². The lowest BCUT2D eigenvalue weighted by molar-refractivity contribution is -0.127. The van der Waals surface area contributed by atoms with Crippen molar-refractivity contribution in [1.82, 2.24) is 14.9 Å². The number of benzene rings is 1. The van der Waals surface area contributed by atoms with Crippen LogP contribution in [0.4, 0.5) is 0 Å². The summed E-state index contributed by atoms with van der Waals surface area (Å²) >= 11 is 3.14. The zero-order chi connectivity index (χ0) is 22.2. The second-order valence-electron chi connectivity index (χ2n) is 9.24. The predicted molar refractivity (Wildman–Crippen MR) is 130 cm³/mol. The van der Waals surface area contributed by atoms with Gasteiger partial charge in [-0.2, -0.15) is 0 Å². The molecule has 1 aliphatic carbocycles. The van der Waals surface area contributed by atoms with E-state index >= 15 is 0 Å². The van der Waals surface area contributed by atoms with Gasteiger partial charge < -0.3 is 9.88 Å². The molecule has 0 saturated heterocycles. The van der Waals surface area contributed by atoms with E-state index in [2.05, 4.69) is 55.0 Å². The lowest BCUT2D eigenvalue weighted by Crippen LogP contribution is -2.28. The predicted octanol–water partition coefficient (Wildman–Crippen LogP) is 4.66. The Hall–Kier alpha value is -2.12. The van der Waals surface area contributed by atoms with E-state index in [-0.39, 0.29) is 16.9 Å². The van der Waals surface area contributed by atoms with Gasteiger partial charge in [0, 0.05) is 18.5 Å². The first-order valence-corrected chi connectivity index (χ1v) is 12.6. The molecule has 1 amide bonds. The first-order chi connectivity index (χ1) is 14.7. The van der Waals surface area contributed by atoms with E-state index in [9.17, 15) is 9.59 Å². The Morgan fingerprint density at radius 3 is 2.68 bits per heavy atom. The molecule has 0 unspecified atom stereocenters. The largest absolute Gasteiger partial charge is 0.341 e. The smallest absolute Gasteiger partial charge is 0.259 e. The number of aromatic nitrogens is 2. The maximum atomic E-state index is 12.6. The number of thiophene rings is 1. The van der Waals surface area contributed by atoms with Gasteiger partial charge >= 0.3 is 0 Å². The molecular weight excluding hydrogens is 426 g/mol. The topological polar surface area (TPSA) is 66.1 Å². The quantitative estimate of drug-likeness (QED) is 0.587. The average molecular weight is 456 g/mol. The van der Waals surface area contributed by atoms with Crippen LogP contribution in [0.1, 0.15) is 54.6 Å². The van der Waals surface area contributed by atoms with Crippen molar-refractivity contribution in [2.24, 2.45) is 0 Å². The molecule has 5 nitrogen and oxygen atoms in total. The van der Waals surface area contributed by atoms with Crippen molar-refractivity contribution >= 4 is 39.2 Å². The molecule has 2 heterocycles. The van der Waals surface area contributed by atoms with E-state index in [1.807, 2.05) is 7.05 Å². The molecule has 2 aromatic heterocycles. The highest BCUT2D eigenvalue weighted by Crippen LogP contribution is 2.34. The SMILES string of the molecule is CN(Cc1ccc(C(C)(C)C)cc1)C(=O)CSCc1nc2sc3c(c2c(=O)[nH]1)CCC3. The fourth-order valence-electron chi connectivity index (χ4n) is 3.93. The number of hydrogen-bond acceptors (Lipinski definition) is 5. The summed E-state index contributed by atoms with van der Waals surface area (Å²) in [5.74, 6) is 1.60. The third-order valence-electron chi connectivity index (χ3n) is 5.75. The number of aryl methyl sites for hydroxylation is 2. The molecule has 0 atom stereocenters. The number of hydrogen-bond donors (Lipinski definition) is 1. The molecule has 0 aliphatic heterocycles. The Kier molecular flexibility index (Phi) is 6.26. The summed E-state index contributed by atoms with van der Waals surface area (Å²) < 4.78 is 0. The minimum atomic E-state index is -0.0397. The van der Waals surface area contributed by atoms with Crippen LogP contribution >= 0.6 is 23.1 Å². The third kappa shape index (κ3) is 4.88. The molecule has 1 aromatic carbocycles. The maximum Gasteiger partial charge on any atom is 0.259 e. The molecule has 0 bridgehead atoms. The van der Waals surface area contributed by atoms with Gasteiger partial charge in [0.05, 0.1) is 16.9 Å². The van der Waals surface area contributed by atoms with Gasteiger partial charge in [0.15, 0.2) is 0 Å². The summed E-state index contributed by atoms with van der Waals surface area (Å²) in [6, 6.07) is 8.47. The van der Waals surface area contributed by atoms with Crippen LogP contribution in [-0.4, -0.2) is 33.6 Å². The Balaban J connectivity index is 1.32. The number of carbonyl (C=O) groups is 1. The number of fused-ring (bicyclic) bond motifs is 3. The minimum Gasteiger partial charge on any atom is -0.341 e. The number of rotatable bonds is 6. The number of aromatic amines is 1. The number of nitrogens with one attached hydrogen (secondary N) is 1. The Morgan fingerprint density at radius 1 is 1.23 bits per heavy atom. The van der Waals surface area contributed by atoms with Crippen LogP contribution in [0.2, 0.25) is 0 Å². The summed E-state index contributed by atoms with van der Waals surface area (Å²) in [5.41, 5.74) is 3.69. The average Bonchev–Trinajstić information content (AvgIpc) is 3.28. The van der Waals surface area contributed by atoms with Gasteiger partial charge in [0.1, 0.15) is 10.7 Å². The minimum absolute atomic E-state index is 0.0397. The fourth-order valence-corrected chi connectivity index (χ4v) is 6.04. The number of thioether (sulfide) groups is 1. The van der Waals surface area contributed by atoms with E-state index in [1.165, 1.54) is 27.8 Å².